The average molecular weight is 387 g/mol. The van der Waals surface area contributed by atoms with Crippen LogP contribution in [0.5, 0.6) is 0 Å². The summed E-state index contributed by atoms with van der Waals surface area (Å²) in [5.41, 5.74) is 1.07. The van der Waals surface area contributed by atoms with E-state index in [1.807, 2.05) is 24.3 Å². The number of ether oxygens (including phenoxy) is 1. The maximum atomic E-state index is 11.9. The summed E-state index contributed by atoms with van der Waals surface area (Å²) in [6.07, 6.45) is 1.76. The van der Waals surface area contributed by atoms with E-state index in [0.29, 0.717) is 12.3 Å². The van der Waals surface area contributed by atoms with E-state index in [0.717, 1.165) is 62.8 Å². The molecular formula is C18H27ClN2O3S. The largest absolute Gasteiger partial charge is 0.379 e. The van der Waals surface area contributed by atoms with Gasteiger partial charge in [-0.3, -0.25) is 9.80 Å². The van der Waals surface area contributed by atoms with Crippen molar-refractivity contribution in [3.8, 4) is 0 Å². The van der Waals surface area contributed by atoms with Crippen LogP contribution in [0.2, 0.25) is 5.02 Å². The number of hydrogen-bond acceptors (Lipinski definition) is 5. The van der Waals surface area contributed by atoms with Crippen LogP contribution in [-0.4, -0.2) is 75.2 Å². The Morgan fingerprint density at radius 2 is 2.00 bits per heavy atom. The van der Waals surface area contributed by atoms with Gasteiger partial charge in [0.1, 0.15) is 0 Å². The van der Waals surface area contributed by atoms with E-state index in [-0.39, 0.29) is 11.8 Å². The Balaban J connectivity index is 1.61. The molecule has 1 atom stereocenters. The molecule has 7 heteroatoms. The van der Waals surface area contributed by atoms with Crippen molar-refractivity contribution in [3.63, 3.8) is 0 Å². The van der Waals surface area contributed by atoms with Crippen LogP contribution in [0, 0.1) is 0 Å². The molecule has 0 radical (unpaired) electrons. The minimum atomic E-state index is -2.89. The third-order valence-corrected chi connectivity index (χ3v) is 7.20. The van der Waals surface area contributed by atoms with Crippen LogP contribution < -0.4 is 0 Å². The van der Waals surface area contributed by atoms with Crippen molar-refractivity contribution in [2.24, 2.45) is 0 Å². The summed E-state index contributed by atoms with van der Waals surface area (Å²) in [5.74, 6) is 0.579. The molecular weight excluding hydrogens is 360 g/mol. The molecule has 2 heterocycles. The molecule has 3 rings (SSSR count). The lowest BCUT2D eigenvalue weighted by Gasteiger charge is -2.31. The lowest BCUT2D eigenvalue weighted by molar-refractivity contribution is 0.0354. The smallest absolute Gasteiger partial charge is 0.151 e. The van der Waals surface area contributed by atoms with Crippen LogP contribution in [0.3, 0.4) is 0 Å². The molecule has 0 saturated carbocycles. The maximum Gasteiger partial charge on any atom is 0.151 e. The highest BCUT2D eigenvalue weighted by molar-refractivity contribution is 7.91. The molecule has 140 valence electrons. The number of morpholine rings is 1. The number of benzene rings is 1. The number of halogens is 1. The van der Waals surface area contributed by atoms with Gasteiger partial charge in [-0.2, -0.15) is 0 Å². The second kappa shape index (κ2) is 8.82. The number of rotatable bonds is 7. The molecule has 0 amide bonds. The molecule has 2 aliphatic rings. The van der Waals surface area contributed by atoms with Gasteiger partial charge in [0.05, 0.1) is 24.7 Å². The molecule has 0 N–H and O–H groups in total. The van der Waals surface area contributed by atoms with Crippen molar-refractivity contribution >= 4 is 21.4 Å². The van der Waals surface area contributed by atoms with Crippen LogP contribution in [-0.2, 0) is 21.1 Å². The Bertz CT molecular complexity index is 662. The van der Waals surface area contributed by atoms with E-state index >= 15 is 0 Å². The molecule has 0 aliphatic carbocycles. The highest BCUT2D eigenvalue weighted by Crippen LogP contribution is 2.23. The van der Waals surface area contributed by atoms with Crippen molar-refractivity contribution in [2.75, 3.05) is 50.9 Å². The zero-order chi connectivity index (χ0) is 17.7. The van der Waals surface area contributed by atoms with Gasteiger partial charge in [-0.15, -0.1) is 0 Å². The van der Waals surface area contributed by atoms with Gasteiger partial charge >= 0.3 is 0 Å². The normalized spacial score (nSPS) is 24.0. The fourth-order valence-corrected chi connectivity index (χ4v) is 5.58. The van der Waals surface area contributed by atoms with Crippen molar-refractivity contribution in [3.05, 3.63) is 34.9 Å². The fourth-order valence-electron chi connectivity index (χ4n) is 3.62. The topological polar surface area (TPSA) is 49.9 Å². The average Bonchev–Trinajstić information content (AvgIpc) is 2.96. The van der Waals surface area contributed by atoms with Gasteiger partial charge in [0.25, 0.3) is 0 Å². The summed E-state index contributed by atoms with van der Waals surface area (Å²) in [6.45, 7) is 6.23. The van der Waals surface area contributed by atoms with Crippen LogP contribution in [0.15, 0.2) is 24.3 Å². The van der Waals surface area contributed by atoms with Crippen molar-refractivity contribution < 1.29 is 13.2 Å². The SMILES string of the molecule is O=S1(=O)CC[C@@H](N(CCCN2CCOCC2)Cc2ccccc2Cl)C1. The van der Waals surface area contributed by atoms with E-state index in [1.165, 1.54) is 0 Å². The van der Waals surface area contributed by atoms with Crippen LogP contribution in [0.1, 0.15) is 18.4 Å². The predicted molar refractivity (Wildman–Crippen MR) is 101 cm³/mol. The molecule has 0 bridgehead atoms. The highest BCUT2D eigenvalue weighted by atomic mass is 35.5. The molecule has 0 spiro atoms. The van der Waals surface area contributed by atoms with Gasteiger partial charge in [-0.25, -0.2) is 8.42 Å². The Labute approximate surface area is 155 Å². The molecule has 5 nitrogen and oxygen atoms in total. The Morgan fingerprint density at radius 1 is 1.24 bits per heavy atom. The molecule has 0 unspecified atom stereocenters. The van der Waals surface area contributed by atoms with Crippen LogP contribution in [0.25, 0.3) is 0 Å². The van der Waals surface area contributed by atoms with E-state index in [4.69, 9.17) is 16.3 Å². The molecule has 2 fully saturated rings. The zero-order valence-electron chi connectivity index (χ0n) is 14.6. The lowest BCUT2D eigenvalue weighted by Crippen LogP contribution is -2.40. The van der Waals surface area contributed by atoms with Gasteiger partial charge in [-0.1, -0.05) is 29.8 Å². The van der Waals surface area contributed by atoms with E-state index in [1.54, 1.807) is 0 Å². The summed E-state index contributed by atoms with van der Waals surface area (Å²) in [5, 5.41) is 0.751. The molecule has 1 aromatic rings. The van der Waals surface area contributed by atoms with E-state index in [2.05, 4.69) is 9.80 Å². The third-order valence-electron chi connectivity index (χ3n) is 5.08. The van der Waals surface area contributed by atoms with Crippen LogP contribution in [0.4, 0.5) is 0 Å². The van der Waals surface area contributed by atoms with Gasteiger partial charge in [0, 0.05) is 37.2 Å². The fraction of sp³-hybridized carbons (Fsp3) is 0.667. The summed E-state index contributed by atoms with van der Waals surface area (Å²) in [6, 6.07) is 7.94. The predicted octanol–water partition coefficient (Wildman–Crippen LogP) is 2.05. The second-order valence-electron chi connectivity index (χ2n) is 6.93. The molecule has 0 aromatic heterocycles. The summed E-state index contributed by atoms with van der Waals surface area (Å²) < 4.78 is 29.2. The number of hydrogen-bond donors (Lipinski definition) is 0. The standard InChI is InChI=1S/C18H27ClN2O3S/c19-18-5-2-1-4-16(18)14-21(17-6-13-25(22,23)15-17)8-3-7-20-9-11-24-12-10-20/h1-2,4-5,17H,3,6-15H2/t17-/m1/s1. The molecule has 2 saturated heterocycles. The highest BCUT2D eigenvalue weighted by Gasteiger charge is 2.32. The second-order valence-corrected chi connectivity index (χ2v) is 9.56. The van der Waals surface area contributed by atoms with Crippen molar-refractivity contribution in [1.29, 1.82) is 0 Å². The Kier molecular flexibility index (Phi) is 6.74. The zero-order valence-corrected chi connectivity index (χ0v) is 16.1. The summed E-state index contributed by atoms with van der Waals surface area (Å²) in [4.78, 5) is 4.73. The van der Waals surface area contributed by atoms with Crippen LogP contribution >= 0.6 is 11.6 Å². The third kappa shape index (κ3) is 5.66. The summed E-state index contributed by atoms with van der Waals surface area (Å²) >= 11 is 6.32. The summed E-state index contributed by atoms with van der Waals surface area (Å²) in [7, 11) is -2.89. The monoisotopic (exact) mass is 386 g/mol. The van der Waals surface area contributed by atoms with Gasteiger partial charge in [0.15, 0.2) is 9.84 Å². The first-order chi connectivity index (χ1) is 12.0. The molecule has 1 aromatic carbocycles. The molecule has 2 aliphatic heterocycles. The number of sulfone groups is 1. The van der Waals surface area contributed by atoms with E-state index in [9.17, 15) is 8.42 Å². The lowest BCUT2D eigenvalue weighted by atomic mass is 10.1. The first kappa shape index (κ1) is 19.1. The first-order valence-corrected chi connectivity index (χ1v) is 11.2. The Hall–Kier alpha value is -0.660. The van der Waals surface area contributed by atoms with Gasteiger partial charge < -0.3 is 4.74 Å². The van der Waals surface area contributed by atoms with Crippen molar-refractivity contribution in [1.82, 2.24) is 9.80 Å². The minimum absolute atomic E-state index is 0.103. The molecule has 25 heavy (non-hydrogen) atoms. The quantitative estimate of drug-likeness (QED) is 0.717. The minimum Gasteiger partial charge on any atom is -0.379 e. The maximum absolute atomic E-state index is 11.9. The van der Waals surface area contributed by atoms with E-state index < -0.39 is 9.84 Å². The first-order valence-electron chi connectivity index (χ1n) is 9.01. The van der Waals surface area contributed by atoms with Crippen molar-refractivity contribution in [2.45, 2.75) is 25.4 Å². The Morgan fingerprint density at radius 3 is 2.68 bits per heavy atom. The number of nitrogens with zero attached hydrogens (tertiary/aromatic N) is 2. The van der Waals surface area contributed by atoms with Gasteiger partial charge in [0.2, 0.25) is 0 Å². The van der Waals surface area contributed by atoms with Gasteiger partial charge in [-0.05, 0) is 31.0 Å².